The monoisotopic (exact) mass is 309 g/mol. The van der Waals surface area contributed by atoms with Crippen molar-refractivity contribution in [2.24, 2.45) is 0 Å². The van der Waals surface area contributed by atoms with Gasteiger partial charge in [-0.25, -0.2) is 0 Å². The molecule has 0 spiro atoms. The van der Waals surface area contributed by atoms with E-state index in [4.69, 9.17) is 9.47 Å². The van der Waals surface area contributed by atoms with E-state index in [-0.39, 0.29) is 12.7 Å². The van der Waals surface area contributed by atoms with Crippen LogP contribution in [0.5, 0.6) is 11.5 Å². The third kappa shape index (κ3) is 2.34. The molecule has 2 aromatic rings. The van der Waals surface area contributed by atoms with Crippen LogP contribution in [0, 0.1) is 13.8 Å². The van der Waals surface area contributed by atoms with Crippen LogP contribution >= 0.6 is 0 Å². The van der Waals surface area contributed by atoms with Crippen LogP contribution in [-0.2, 0) is 10.2 Å². The molecule has 1 heterocycles. The summed E-state index contributed by atoms with van der Waals surface area (Å²) < 4.78 is 10.8. The van der Waals surface area contributed by atoms with Crippen molar-refractivity contribution in [3.05, 3.63) is 53.1 Å². The first-order valence-electron chi connectivity index (χ1n) is 7.87. The minimum atomic E-state index is -0.432. The summed E-state index contributed by atoms with van der Waals surface area (Å²) in [6.07, 6.45) is 1.73. The smallest absolute Gasteiger partial charge is 0.235 e. The molecule has 0 saturated heterocycles. The maximum Gasteiger partial charge on any atom is 0.235 e. The summed E-state index contributed by atoms with van der Waals surface area (Å²) in [4.78, 5) is 12.9. The van der Waals surface area contributed by atoms with Crippen LogP contribution in [0.1, 0.15) is 29.5 Å². The maximum absolute atomic E-state index is 12.9. The van der Waals surface area contributed by atoms with E-state index in [1.165, 1.54) is 5.56 Å². The zero-order chi connectivity index (χ0) is 16.0. The Morgan fingerprint density at radius 3 is 2.57 bits per heavy atom. The normalized spacial score (nSPS) is 17.0. The lowest BCUT2D eigenvalue weighted by molar-refractivity contribution is -0.118. The van der Waals surface area contributed by atoms with Gasteiger partial charge in [0.25, 0.3) is 0 Å². The summed E-state index contributed by atoms with van der Waals surface area (Å²) in [6, 6.07) is 11.9. The number of carbonyl (C=O) groups is 1. The van der Waals surface area contributed by atoms with Crippen molar-refractivity contribution in [2.45, 2.75) is 32.1 Å². The summed E-state index contributed by atoms with van der Waals surface area (Å²) in [6.45, 7) is 4.32. The van der Waals surface area contributed by atoms with Crippen molar-refractivity contribution in [1.82, 2.24) is 0 Å². The van der Waals surface area contributed by atoms with E-state index < -0.39 is 5.41 Å². The number of rotatable bonds is 3. The molecule has 1 amide bonds. The van der Waals surface area contributed by atoms with Gasteiger partial charge in [0.05, 0.1) is 5.41 Å². The van der Waals surface area contributed by atoms with Crippen molar-refractivity contribution in [3.63, 3.8) is 0 Å². The molecule has 1 N–H and O–H groups in total. The second-order valence-electron chi connectivity index (χ2n) is 6.42. The van der Waals surface area contributed by atoms with Gasteiger partial charge in [0.1, 0.15) is 0 Å². The molecule has 4 heteroatoms. The highest BCUT2D eigenvalue weighted by Crippen LogP contribution is 2.51. The molecule has 118 valence electrons. The van der Waals surface area contributed by atoms with Gasteiger partial charge < -0.3 is 14.8 Å². The lowest BCUT2D eigenvalue weighted by atomic mass is 9.94. The fourth-order valence-electron chi connectivity index (χ4n) is 3.16. The number of nitrogens with one attached hydrogen (secondary N) is 1. The predicted octanol–water partition coefficient (Wildman–Crippen LogP) is 3.70. The van der Waals surface area contributed by atoms with E-state index in [1.54, 1.807) is 0 Å². The maximum atomic E-state index is 12.9. The molecule has 4 nitrogen and oxygen atoms in total. The Morgan fingerprint density at radius 2 is 1.83 bits per heavy atom. The van der Waals surface area contributed by atoms with Crippen molar-refractivity contribution < 1.29 is 14.3 Å². The zero-order valence-corrected chi connectivity index (χ0v) is 13.3. The quantitative estimate of drug-likeness (QED) is 0.940. The molecule has 0 aromatic heterocycles. The van der Waals surface area contributed by atoms with E-state index >= 15 is 0 Å². The molecular weight excluding hydrogens is 290 g/mol. The molecule has 0 radical (unpaired) electrons. The summed E-state index contributed by atoms with van der Waals surface area (Å²) >= 11 is 0. The topological polar surface area (TPSA) is 47.6 Å². The summed E-state index contributed by atoms with van der Waals surface area (Å²) in [5, 5.41) is 3.10. The van der Waals surface area contributed by atoms with E-state index in [9.17, 15) is 4.79 Å². The van der Waals surface area contributed by atoms with E-state index in [0.717, 1.165) is 41.2 Å². The van der Waals surface area contributed by atoms with Crippen molar-refractivity contribution >= 4 is 11.6 Å². The Morgan fingerprint density at radius 1 is 1.04 bits per heavy atom. The molecule has 0 bridgehead atoms. The average molecular weight is 309 g/mol. The first-order valence-corrected chi connectivity index (χ1v) is 7.87. The Hall–Kier alpha value is -2.49. The number of carbonyl (C=O) groups excluding carboxylic acids is 1. The van der Waals surface area contributed by atoms with Crippen LogP contribution in [0.15, 0.2) is 36.4 Å². The number of fused-ring (bicyclic) bond motifs is 1. The number of hydrogen-bond donors (Lipinski definition) is 1. The van der Waals surface area contributed by atoms with Gasteiger partial charge in [-0.1, -0.05) is 23.8 Å². The largest absolute Gasteiger partial charge is 0.454 e. The van der Waals surface area contributed by atoms with E-state index in [0.29, 0.717) is 0 Å². The standard InChI is InChI=1S/C19H19NO3/c1-12-3-5-15(13(2)9-12)20-18(21)19(7-8-19)14-4-6-16-17(10-14)23-11-22-16/h3-6,9-10H,7-8,11H2,1-2H3,(H,20,21). The van der Waals surface area contributed by atoms with Gasteiger partial charge in [-0.3, -0.25) is 4.79 Å². The summed E-state index contributed by atoms with van der Waals surface area (Å²) in [5.74, 6) is 1.54. The van der Waals surface area contributed by atoms with Crippen LogP contribution in [0.3, 0.4) is 0 Å². The van der Waals surface area contributed by atoms with Crippen LogP contribution < -0.4 is 14.8 Å². The first-order chi connectivity index (χ1) is 11.1. The molecule has 0 unspecified atom stereocenters. The summed E-state index contributed by atoms with van der Waals surface area (Å²) in [5.41, 5.74) is 3.73. The highest BCUT2D eigenvalue weighted by Gasteiger charge is 2.51. The number of hydrogen-bond acceptors (Lipinski definition) is 3. The fourth-order valence-corrected chi connectivity index (χ4v) is 3.16. The number of aryl methyl sites for hydroxylation is 2. The molecule has 2 aliphatic rings. The minimum absolute atomic E-state index is 0.0586. The van der Waals surface area contributed by atoms with Crippen molar-refractivity contribution in [1.29, 1.82) is 0 Å². The van der Waals surface area contributed by atoms with Gasteiger partial charge in [0, 0.05) is 5.69 Å². The Bertz CT molecular complexity index is 793. The molecule has 1 fully saturated rings. The Labute approximate surface area is 135 Å². The third-order valence-corrected chi connectivity index (χ3v) is 4.74. The lowest BCUT2D eigenvalue weighted by Gasteiger charge is -2.17. The number of amides is 1. The zero-order valence-electron chi connectivity index (χ0n) is 13.3. The highest BCUT2D eigenvalue weighted by molar-refractivity contribution is 6.02. The number of ether oxygens (including phenoxy) is 2. The SMILES string of the molecule is Cc1ccc(NC(=O)C2(c3ccc4c(c3)OCO4)CC2)c(C)c1. The molecule has 2 aromatic carbocycles. The molecule has 1 saturated carbocycles. The van der Waals surface area contributed by atoms with Gasteiger partial charge in [0.15, 0.2) is 11.5 Å². The minimum Gasteiger partial charge on any atom is -0.454 e. The predicted molar refractivity (Wildman–Crippen MR) is 88.0 cm³/mol. The Kier molecular flexibility index (Phi) is 3.08. The van der Waals surface area contributed by atoms with Gasteiger partial charge in [0.2, 0.25) is 12.7 Å². The van der Waals surface area contributed by atoms with Gasteiger partial charge in [-0.2, -0.15) is 0 Å². The second-order valence-corrected chi connectivity index (χ2v) is 6.42. The molecule has 4 rings (SSSR count). The van der Waals surface area contributed by atoms with Gasteiger partial charge >= 0.3 is 0 Å². The van der Waals surface area contributed by atoms with Crippen molar-refractivity contribution in [2.75, 3.05) is 12.1 Å². The average Bonchev–Trinajstić information content (AvgIpc) is 3.21. The van der Waals surface area contributed by atoms with E-state index in [2.05, 4.69) is 11.4 Å². The highest BCUT2D eigenvalue weighted by atomic mass is 16.7. The second kappa shape index (κ2) is 5.01. The molecule has 1 aliphatic heterocycles. The molecule has 1 aliphatic carbocycles. The van der Waals surface area contributed by atoms with Crippen LogP contribution in [0.4, 0.5) is 5.69 Å². The third-order valence-electron chi connectivity index (χ3n) is 4.74. The molecule has 0 atom stereocenters. The van der Waals surface area contributed by atoms with Gasteiger partial charge in [-0.15, -0.1) is 0 Å². The van der Waals surface area contributed by atoms with Crippen LogP contribution in [0.25, 0.3) is 0 Å². The van der Waals surface area contributed by atoms with Gasteiger partial charge in [-0.05, 0) is 56.0 Å². The molecular formula is C19H19NO3. The number of benzene rings is 2. The fraction of sp³-hybridized carbons (Fsp3) is 0.316. The number of anilines is 1. The first kappa shape index (κ1) is 14.1. The van der Waals surface area contributed by atoms with E-state index in [1.807, 2.05) is 44.2 Å². The molecule has 23 heavy (non-hydrogen) atoms. The summed E-state index contributed by atoms with van der Waals surface area (Å²) in [7, 11) is 0. The Balaban J connectivity index is 1.60. The van der Waals surface area contributed by atoms with Crippen molar-refractivity contribution in [3.8, 4) is 11.5 Å². The van der Waals surface area contributed by atoms with Crippen LogP contribution in [-0.4, -0.2) is 12.7 Å². The lowest BCUT2D eigenvalue weighted by Crippen LogP contribution is -2.28. The van der Waals surface area contributed by atoms with Crippen LogP contribution in [0.2, 0.25) is 0 Å².